The van der Waals surface area contributed by atoms with Crippen molar-refractivity contribution in [2.45, 2.75) is 44.8 Å². The van der Waals surface area contributed by atoms with Crippen molar-refractivity contribution in [2.24, 2.45) is 0 Å². The van der Waals surface area contributed by atoms with E-state index in [1.807, 2.05) is 19.9 Å². The first-order valence-corrected chi connectivity index (χ1v) is 6.21. The summed E-state index contributed by atoms with van der Waals surface area (Å²) in [4.78, 5) is 10.4. The monoisotopic (exact) mass is 234 g/mol. The van der Waals surface area contributed by atoms with E-state index >= 15 is 0 Å². The summed E-state index contributed by atoms with van der Waals surface area (Å²) in [7, 11) is -4.19. The first-order valence-electron chi connectivity index (χ1n) is 4.77. The normalized spacial score (nSPS) is 15.5. The highest BCUT2D eigenvalue weighted by atomic mass is 32.2. The zero-order valence-electron chi connectivity index (χ0n) is 9.36. The van der Waals surface area contributed by atoms with E-state index in [4.69, 9.17) is 4.55 Å². The summed E-state index contributed by atoms with van der Waals surface area (Å²) in [6.45, 7) is 5.20. The molecule has 1 unspecified atom stereocenters. The van der Waals surface area contributed by atoms with Gasteiger partial charge in [-0.3, -0.25) is 4.55 Å². The third kappa shape index (κ3) is 4.57. The number of allylic oxidation sites excluding steroid dienone is 2. The van der Waals surface area contributed by atoms with E-state index in [0.29, 0.717) is 12.7 Å². The van der Waals surface area contributed by atoms with Crippen LogP contribution in [0.25, 0.3) is 0 Å². The lowest BCUT2D eigenvalue weighted by Gasteiger charge is -2.22. The lowest BCUT2D eigenvalue weighted by molar-refractivity contribution is -0.108. The Labute approximate surface area is 91.1 Å². The van der Waals surface area contributed by atoms with E-state index in [1.165, 1.54) is 6.92 Å². The van der Waals surface area contributed by atoms with Gasteiger partial charge in [-0.1, -0.05) is 11.6 Å². The van der Waals surface area contributed by atoms with Gasteiger partial charge in [-0.05, 0) is 33.6 Å². The maximum Gasteiger partial charge on any atom is 0.270 e. The van der Waals surface area contributed by atoms with Crippen LogP contribution < -0.4 is 0 Å². The molecule has 0 radical (unpaired) electrons. The Hall–Kier alpha value is -0.680. The fourth-order valence-corrected chi connectivity index (χ4v) is 1.83. The summed E-state index contributed by atoms with van der Waals surface area (Å²) in [5, 5.41) is 0. The van der Waals surface area contributed by atoms with Crippen LogP contribution in [-0.4, -0.2) is 24.0 Å². The molecule has 88 valence electrons. The van der Waals surface area contributed by atoms with E-state index in [1.54, 1.807) is 0 Å². The van der Waals surface area contributed by atoms with E-state index in [0.717, 1.165) is 5.57 Å². The van der Waals surface area contributed by atoms with Crippen molar-refractivity contribution in [3.63, 3.8) is 0 Å². The molecular formula is C10H18O4S. The second kappa shape index (κ2) is 5.42. The number of carbonyl (C=O) groups is 1. The predicted octanol–water partition coefficient (Wildman–Crippen LogP) is 1.97. The van der Waals surface area contributed by atoms with Crippen molar-refractivity contribution in [3.05, 3.63) is 11.6 Å². The van der Waals surface area contributed by atoms with Crippen LogP contribution in [0.4, 0.5) is 0 Å². The fourth-order valence-electron chi connectivity index (χ4n) is 1.18. The number of hydrogen-bond acceptors (Lipinski definition) is 3. The predicted molar refractivity (Wildman–Crippen MR) is 59.3 cm³/mol. The molecule has 1 N–H and O–H groups in total. The minimum Gasteiger partial charge on any atom is -0.303 e. The van der Waals surface area contributed by atoms with Crippen molar-refractivity contribution in [1.82, 2.24) is 0 Å². The lowest BCUT2D eigenvalue weighted by atomic mass is 10.0. The molecule has 0 aromatic carbocycles. The average molecular weight is 234 g/mol. The SMILES string of the molecule is CC(C)=CCCC(C)(CC=O)S(=O)(=O)O. The Morgan fingerprint density at radius 2 is 1.93 bits per heavy atom. The zero-order chi connectivity index (χ0) is 12.1. The molecule has 0 spiro atoms. The molecular weight excluding hydrogens is 216 g/mol. The quantitative estimate of drug-likeness (QED) is 0.433. The summed E-state index contributed by atoms with van der Waals surface area (Å²) >= 11 is 0. The van der Waals surface area contributed by atoms with Gasteiger partial charge >= 0.3 is 0 Å². The molecule has 0 aliphatic carbocycles. The number of carbonyl (C=O) groups excluding carboxylic acids is 1. The Kier molecular flexibility index (Phi) is 5.17. The van der Waals surface area contributed by atoms with E-state index in [-0.39, 0.29) is 12.8 Å². The summed E-state index contributed by atoms with van der Waals surface area (Å²) < 4.78 is 29.9. The van der Waals surface area contributed by atoms with Crippen LogP contribution in [0.5, 0.6) is 0 Å². The van der Waals surface area contributed by atoms with Gasteiger partial charge in [0.1, 0.15) is 11.0 Å². The summed E-state index contributed by atoms with van der Waals surface area (Å²) in [6, 6.07) is 0. The molecule has 0 aliphatic rings. The minimum absolute atomic E-state index is 0.178. The van der Waals surface area contributed by atoms with Gasteiger partial charge in [-0.15, -0.1) is 0 Å². The molecule has 5 heteroatoms. The molecule has 0 aromatic heterocycles. The highest BCUT2D eigenvalue weighted by Gasteiger charge is 2.36. The van der Waals surface area contributed by atoms with Crippen molar-refractivity contribution in [2.75, 3.05) is 0 Å². The Bertz CT molecular complexity index is 338. The number of hydrogen-bond donors (Lipinski definition) is 1. The van der Waals surface area contributed by atoms with Gasteiger partial charge in [0.25, 0.3) is 10.1 Å². The molecule has 0 rings (SSSR count). The summed E-state index contributed by atoms with van der Waals surface area (Å²) in [6.07, 6.45) is 3.01. The Balaban J connectivity index is 4.68. The van der Waals surface area contributed by atoms with Gasteiger partial charge in [-0.25, -0.2) is 0 Å². The second-order valence-electron chi connectivity index (χ2n) is 4.12. The molecule has 0 aliphatic heterocycles. The van der Waals surface area contributed by atoms with Gasteiger partial charge in [0.2, 0.25) is 0 Å². The smallest absolute Gasteiger partial charge is 0.270 e. The topological polar surface area (TPSA) is 71.4 Å². The minimum atomic E-state index is -4.19. The molecule has 0 amide bonds. The number of aldehydes is 1. The highest BCUT2D eigenvalue weighted by molar-refractivity contribution is 7.87. The maximum atomic E-state index is 11.1. The molecule has 1 atom stereocenters. The molecule has 0 bridgehead atoms. The zero-order valence-corrected chi connectivity index (χ0v) is 10.2. The van der Waals surface area contributed by atoms with Crippen LogP contribution >= 0.6 is 0 Å². The molecule has 15 heavy (non-hydrogen) atoms. The van der Waals surface area contributed by atoms with Gasteiger partial charge < -0.3 is 4.79 Å². The first kappa shape index (κ1) is 14.3. The highest BCUT2D eigenvalue weighted by Crippen LogP contribution is 2.25. The van der Waals surface area contributed by atoms with E-state index in [2.05, 4.69) is 0 Å². The second-order valence-corrected chi connectivity index (χ2v) is 6.05. The van der Waals surface area contributed by atoms with Gasteiger partial charge in [0.05, 0.1) is 0 Å². The standard InChI is InChI=1S/C10H18O4S/c1-9(2)5-4-6-10(3,7-8-11)15(12,13)14/h5,8H,4,6-7H2,1-3H3,(H,12,13,14). The van der Waals surface area contributed by atoms with Gasteiger partial charge in [-0.2, -0.15) is 8.42 Å². The van der Waals surface area contributed by atoms with Crippen LogP contribution in [0.3, 0.4) is 0 Å². The largest absolute Gasteiger partial charge is 0.303 e. The van der Waals surface area contributed by atoms with Crippen molar-refractivity contribution in [3.8, 4) is 0 Å². The van der Waals surface area contributed by atoms with Crippen LogP contribution in [0.15, 0.2) is 11.6 Å². The fraction of sp³-hybridized carbons (Fsp3) is 0.700. The van der Waals surface area contributed by atoms with Crippen LogP contribution in [0.1, 0.15) is 40.0 Å². The van der Waals surface area contributed by atoms with Crippen LogP contribution in [0.2, 0.25) is 0 Å². The average Bonchev–Trinajstić information content (AvgIpc) is 2.01. The molecule has 0 saturated heterocycles. The molecule has 0 saturated carbocycles. The lowest BCUT2D eigenvalue weighted by Crippen LogP contribution is -2.35. The van der Waals surface area contributed by atoms with Crippen LogP contribution in [0, 0.1) is 0 Å². The van der Waals surface area contributed by atoms with E-state index in [9.17, 15) is 13.2 Å². The summed E-state index contributed by atoms with van der Waals surface area (Å²) in [5.41, 5.74) is 1.08. The molecule has 0 fully saturated rings. The number of rotatable bonds is 6. The molecule has 0 heterocycles. The van der Waals surface area contributed by atoms with Crippen LogP contribution in [-0.2, 0) is 14.9 Å². The maximum absolute atomic E-state index is 11.1. The molecule has 0 aromatic rings. The first-order chi connectivity index (χ1) is 6.73. The summed E-state index contributed by atoms with van der Waals surface area (Å²) in [5.74, 6) is 0. The Morgan fingerprint density at radius 3 is 2.27 bits per heavy atom. The Morgan fingerprint density at radius 1 is 1.40 bits per heavy atom. The van der Waals surface area contributed by atoms with Gasteiger partial charge in [0.15, 0.2) is 0 Å². The van der Waals surface area contributed by atoms with Gasteiger partial charge in [0, 0.05) is 6.42 Å². The van der Waals surface area contributed by atoms with Crippen molar-refractivity contribution in [1.29, 1.82) is 0 Å². The van der Waals surface area contributed by atoms with Crippen molar-refractivity contribution >= 4 is 16.4 Å². The van der Waals surface area contributed by atoms with Crippen molar-refractivity contribution < 1.29 is 17.8 Å². The van der Waals surface area contributed by atoms with E-state index < -0.39 is 14.9 Å². The molecule has 4 nitrogen and oxygen atoms in total. The third-order valence-corrected chi connectivity index (χ3v) is 3.98. The third-order valence-electron chi connectivity index (χ3n) is 2.36.